The summed E-state index contributed by atoms with van der Waals surface area (Å²) in [5, 5.41) is 0.306. The topological polar surface area (TPSA) is 54.5 Å². The van der Waals surface area contributed by atoms with E-state index in [4.69, 9.17) is 11.6 Å². The summed E-state index contributed by atoms with van der Waals surface area (Å²) in [6, 6.07) is 16.7. The SMILES string of the molecule is O=C(c1ccccc1F)c1cc(Cl)ccc1C#CCN1C(=O)c2ccccc2C1=O. The van der Waals surface area contributed by atoms with Gasteiger partial charge in [-0.25, -0.2) is 4.39 Å². The van der Waals surface area contributed by atoms with E-state index in [1.54, 1.807) is 42.5 Å². The summed E-state index contributed by atoms with van der Waals surface area (Å²) < 4.78 is 14.1. The minimum absolute atomic E-state index is 0.0943. The highest BCUT2D eigenvalue weighted by Crippen LogP contribution is 2.23. The molecule has 6 heteroatoms. The Kier molecular flexibility index (Phi) is 5.18. The van der Waals surface area contributed by atoms with E-state index in [1.807, 2.05) is 0 Å². The van der Waals surface area contributed by atoms with Crippen LogP contribution in [0.25, 0.3) is 0 Å². The van der Waals surface area contributed by atoms with Gasteiger partial charge >= 0.3 is 0 Å². The largest absolute Gasteiger partial charge is 0.288 e. The number of fused-ring (bicyclic) bond motifs is 1. The molecule has 1 heterocycles. The van der Waals surface area contributed by atoms with Crippen molar-refractivity contribution in [2.45, 2.75) is 0 Å². The highest BCUT2D eigenvalue weighted by atomic mass is 35.5. The van der Waals surface area contributed by atoms with Gasteiger partial charge in [-0.05, 0) is 42.5 Å². The predicted molar refractivity (Wildman–Crippen MR) is 110 cm³/mol. The van der Waals surface area contributed by atoms with Crippen LogP contribution >= 0.6 is 11.6 Å². The van der Waals surface area contributed by atoms with E-state index in [1.165, 1.54) is 24.3 Å². The van der Waals surface area contributed by atoms with Gasteiger partial charge in [0, 0.05) is 16.1 Å². The van der Waals surface area contributed by atoms with Gasteiger partial charge in [-0.2, -0.15) is 0 Å². The van der Waals surface area contributed by atoms with Crippen molar-refractivity contribution in [3.63, 3.8) is 0 Å². The third-order valence-corrected chi connectivity index (χ3v) is 4.92. The monoisotopic (exact) mass is 417 g/mol. The van der Waals surface area contributed by atoms with Crippen molar-refractivity contribution in [2.24, 2.45) is 0 Å². The molecule has 1 aliphatic heterocycles. The Morgan fingerprint density at radius 2 is 1.53 bits per heavy atom. The van der Waals surface area contributed by atoms with E-state index in [-0.39, 0.29) is 17.7 Å². The lowest BCUT2D eigenvalue weighted by Gasteiger charge is -2.09. The summed E-state index contributed by atoms with van der Waals surface area (Å²) >= 11 is 6.02. The third kappa shape index (κ3) is 3.49. The first-order valence-electron chi connectivity index (χ1n) is 9.00. The summed E-state index contributed by atoms with van der Waals surface area (Å²) in [5.74, 6) is 3.55. The summed E-state index contributed by atoms with van der Waals surface area (Å²) in [7, 11) is 0. The Balaban J connectivity index is 1.63. The number of hydrogen-bond donors (Lipinski definition) is 0. The second-order valence-electron chi connectivity index (χ2n) is 6.54. The van der Waals surface area contributed by atoms with Crippen LogP contribution in [0.5, 0.6) is 0 Å². The summed E-state index contributed by atoms with van der Waals surface area (Å²) in [6.45, 7) is -0.137. The van der Waals surface area contributed by atoms with E-state index in [2.05, 4.69) is 11.8 Å². The molecular formula is C24H13ClFNO3. The highest BCUT2D eigenvalue weighted by Gasteiger charge is 2.34. The zero-order valence-electron chi connectivity index (χ0n) is 15.5. The summed E-state index contributed by atoms with van der Waals surface area (Å²) in [4.78, 5) is 38.7. The number of imide groups is 1. The molecule has 3 aromatic rings. The first-order valence-corrected chi connectivity index (χ1v) is 9.38. The zero-order valence-corrected chi connectivity index (χ0v) is 16.2. The lowest BCUT2D eigenvalue weighted by Crippen LogP contribution is -2.30. The van der Waals surface area contributed by atoms with Gasteiger partial charge in [-0.3, -0.25) is 19.3 Å². The number of amides is 2. The van der Waals surface area contributed by atoms with Crippen LogP contribution in [0.1, 0.15) is 42.2 Å². The van der Waals surface area contributed by atoms with Crippen molar-refractivity contribution in [3.05, 3.63) is 105 Å². The van der Waals surface area contributed by atoms with Crippen LogP contribution in [-0.4, -0.2) is 29.0 Å². The maximum Gasteiger partial charge on any atom is 0.262 e. The quantitative estimate of drug-likeness (QED) is 0.361. The molecule has 0 saturated carbocycles. The molecule has 4 rings (SSSR count). The molecule has 2 amide bonds. The molecule has 0 atom stereocenters. The molecule has 0 N–H and O–H groups in total. The molecule has 0 saturated heterocycles. The number of halogens is 2. The summed E-state index contributed by atoms with van der Waals surface area (Å²) in [5.41, 5.74) is 1.05. The van der Waals surface area contributed by atoms with Gasteiger partial charge in [0.1, 0.15) is 5.82 Å². The van der Waals surface area contributed by atoms with Crippen LogP contribution in [0.3, 0.4) is 0 Å². The van der Waals surface area contributed by atoms with Crippen LogP contribution in [0, 0.1) is 17.7 Å². The lowest BCUT2D eigenvalue weighted by molar-refractivity contribution is 0.0674. The van der Waals surface area contributed by atoms with Gasteiger partial charge in [0.2, 0.25) is 0 Å². The molecule has 0 bridgehead atoms. The van der Waals surface area contributed by atoms with Crippen LogP contribution in [0.2, 0.25) is 5.02 Å². The number of carbonyl (C=O) groups excluding carboxylic acids is 3. The molecule has 0 fully saturated rings. The number of hydrogen-bond acceptors (Lipinski definition) is 3. The number of carbonyl (C=O) groups is 3. The normalized spacial score (nSPS) is 12.4. The first-order chi connectivity index (χ1) is 14.5. The number of rotatable bonds is 3. The maximum absolute atomic E-state index is 14.1. The Morgan fingerprint density at radius 3 is 2.20 bits per heavy atom. The van der Waals surface area contributed by atoms with Crippen LogP contribution in [-0.2, 0) is 0 Å². The minimum atomic E-state index is -0.646. The molecular weight excluding hydrogens is 405 g/mol. The minimum Gasteiger partial charge on any atom is -0.288 e. The van der Waals surface area contributed by atoms with E-state index in [0.29, 0.717) is 21.7 Å². The Bertz CT molecular complexity index is 1240. The van der Waals surface area contributed by atoms with Crippen molar-refractivity contribution in [1.29, 1.82) is 0 Å². The predicted octanol–water partition coefficient (Wildman–Crippen LogP) is 4.36. The van der Waals surface area contributed by atoms with E-state index in [9.17, 15) is 18.8 Å². The van der Waals surface area contributed by atoms with E-state index in [0.717, 1.165) is 4.90 Å². The smallest absolute Gasteiger partial charge is 0.262 e. The second-order valence-corrected chi connectivity index (χ2v) is 6.98. The Labute approximate surface area is 176 Å². The average molecular weight is 418 g/mol. The molecule has 0 radical (unpaired) electrons. The first kappa shape index (κ1) is 19.6. The fourth-order valence-corrected chi connectivity index (χ4v) is 3.37. The fourth-order valence-electron chi connectivity index (χ4n) is 3.20. The number of benzene rings is 3. The molecule has 0 aromatic heterocycles. The average Bonchev–Trinajstić information content (AvgIpc) is 2.99. The van der Waals surface area contributed by atoms with E-state index < -0.39 is 23.4 Å². The maximum atomic E-state index is 14.1. The highest BCUT2D eigenvalue weighted by molar-refractivity contribution is 6.31. The van der Waals surface area contributed by atoms with Gasteiger partial charge in [-0.1, -0.05) is 47.7 Å². The molecule has 0 aliphatic carbocycles. The van der Waals surface area contributed by atoms with Gasteiger partial charge in [-0.15, -0.1) is 0 Å². The number of ketones is 1. The molecule has 0 unspecified atom stereocenters. The van der Waals surface area contributed by atoms with E-state index >= 15 is 0 Å². The van der Waals surface area contributed by atoms with Crippen molar-refractivity contribution in [3.8, 4) is 11.8 Å². The second kappa shape index (κ2) is 7.94. The van der Waals surface area contributed by atoms with Gasteiger partial charge in [0.25, 0.3) is 11.8 Å². The van der Waals surface area contributed by atoms with Crippen LogP contribution in [0.4, 0.5) is 4.39 Å². The Hall–Kier alpha value is -3.75. The van der Waals surface area contributed by atoms with Crippen LogP contribution in [0.15, 0.2) is 66.7 Å². The molecule has 30 heavy (non-hydrogen) atoms. The zero-order chi connectivity index (χ0) is 21.3. The van der Waals surface area contributed by atoms with Gasteiger partial charge < -0.3 is 0 Å². The molecule has 1 aliphatic rings. The molecule has 146 valence electrons. The van der Waals surface area contributed by atoms with Gasteiger partial charge in [0.15, 0.2) is 5.78 Å². The molecule has 0 spiro atoms. The molecule has 4 nitrogen and oxygen atoms in total. The van der Waals surface area contributed by atoms with Crippen molar-refractivity contribution < 1.29 is 18.8 Å². The summed E-state index contributed by atoms with van der Waals surface area (Å²) in [6.07, 6.45) is 0. The Morgan fingerprint density at radius 1 is 0.900 bits per heavy atom. The fraction of sp³-hybridized carbons (Fsp3) is 0.0417. The lowest BCUT2D eigenvalue weighted by atomic mass is 9.98. The van der Waals surface area contributed by atoms with Gasteiger partial charge in [0.05, 0.1) is 23.2 Å². The van der Waals surface area contributed by atoms with Crippen LogP contribution < -0.4 is 0 Å². The third-order valence-electron chi connectivity index (χ3n) is 4.68. The van der Waals surface area contributed by atoms with Crippen molar-refractivity contribution in [2.75, 3.05) is 6.54 Å². The van der Waals surface area contributed by atoms with Crippen molar-refractivity contribution in [1.82, 2.24) is 4.90 Å². The molecule has 3 aromatic carbocycles. The standard InChI is InChI=1S/C24H13ClFNO3/c25-16-12-11-15(20(14-16)22(28)19-9-3-4-10-21(19)26)6-5-13-27-23(29)17-7-1-2-8-18(17)24(27)30/h1-4,7-12,14H,13H2. The number of nitrogens with zero attached hydrogens (tertiary/aromatic N) is 1. The van der Waals surface area contributed by atoms with Crippen molar-refractivity contribution >= 4 is 29.2 Å².